The van der Waals surface area contributed by atoms with E-state index in [1.54, 1.807) is 30.3 Å². The SMILES string of the molecule is O=C(c1ccccc1Cl)n1nc(Nc2ccccc2)cc1Nc1ccccc1. The molecule has 0 radical (unpaired) electrons. The molecule has 0 aliphatic carbocycles. The Labute approximate surface area is 167 Å². The summed E-state index contributed by atoms with van der Waals surface area (Å²) in [5, 5.41) is 11.3. The first kappa shape index (κ1) is 17.8. The van der Waals surface area contributed by atoms with Gasteiger partial charge in [0.25, 0.3) is 5.91 Å². The van der Waals surface area contributed by atoms with Crippen molar-refractivity contribution in [3.05, 3.63) is 102 Å². The summed E-state index contributed by atoms with van der Waals surface area (Å²) >= 11 is 6.22. The fraction of sp³-hybridized carbons (Fsp3) is 0. The Balaban J connectivity index is 1.72. The quantitative estimate of drug-likeness (QED) is 0.459. The predicted molar refractivity (Wildman–Crippen MR) is 113 cm³/mol. The van der Waals surface area contributed by atoms with E-state index >= 15 is 0 Å². The van der Waals surface area contributed by atoms with Gasteiger partial charge in [0.05, 0.1) is 10.6 Å². The van der Waals surface area contributed by atoms with Crippen molar-refractivity contribution in [3.8, 4) is 0 Å². The van der Waals surface area contributed by atoms with Gasteiger partial charge in [0.1, 0.15) is 5.82 Å². The highest BCUT2D eigenvalue weighted by Crippen LogP contribution is 2.25. The van der Waals surface area contributed by atoms with Crippen molar-refractivity contribution in [2.24, 2.45) is 0 Å². The van der Waals surface area contributed by atoms with Gasteiger partial charge in [-0.15, -0.1) is 5.10 Å². The number of nitrogens with zero attached hydrogens (tertiary/aromatic N) is 2. The van der Waals surface area contributed by atoms with E-state index in [9.17, 15) is 4.79 Å². The number of anilines is 4. The van der Waals surface area contributed by atoms with Crippen LogP contribution in [0.25, 0.3) is 0 Å². The molecule has 5 nitrogen and oxygen atoms in total. The molecule has 1 aromatic heterocycles. The van der Waals surface area contributed by atoms with E-state index < -0.39 is 0 Å². The second-order valence-electron chi connectivity index (χ2n) is 6.09. The molecule has 28 heavy (non-hydrogen) atoms. The van der Waals surface area contributed by atoms with Crippen LogP contribution < -0.4 is 10.6 Å². The Hall–Kier alpha value is -3.57. The van der Waals surface area contributed by atoms with Crippen LogP contribution in [-0.2, 0) is 0 Å². The summed E-state index contributed by atoms with van der Waals surface area (Å²) in [5.41, 5.74) is 2.11. The number of hydrogen-bond acceptors (Lipinski definition) is 4. The van der Waals surface area contributed by atoms with Crippen molar-refractivity contribution < 1.29 is 4.79 Å². The molecule has 4 rings (SSSR count). The minimum absolute atomic E-state index is 0.315. The molecule has 2 N–H and O–H groups in total. The van der Waals surface area contributed by atoms with E-state index in [2.05, 4.69) is 15.7 Å². The lowest BCUT2D eigenvalue weighted by Gasteiger charge is -2.09. The molecule has 138 valence electrons. The monoisotopic (exact) mass is 388 g/mol. The van der Waals surface area contributed by atoms with E-state index in [0.717, 1.165) is 11.4 Å². The summed E-state index contributed by atoms with van der Waals surface area (Å²) in [6.07, 6.45) is 0. The lowest BCUT2D eigenvalue weighted by atomic mass is 10.2. The van der Waals surface area contributed by atoms with E-state index in [0.29, 0.717) is 22.2 Å². The number of carbonyl (C=O) groups is 1. The molecule has 0 aliphatic rings. The lowest BCUT2D eigenvalue weighted by molar-refractivity contribution is 0.0948. The van der Waals surface area contributed by atoms with E-state index in [1.165, 1.54) is 4.68 Å². The smallest absolute Gasteiger partial charge is 0.281 e. The average Bonchev–Trinajstić information content (AvgIpc) is 3.11. The zero-order valence-electron chi connectivity index (χ0n) is 14.8. The molecule has 0 bridgehead atoms. The predicted octanol–water partition coefficient (Wildman–Crippen LogP) is 5.71. The topological polar surface area (TPSA) is 59.0 Å². The Bertz CT molecular complexity index is 1090. The van der Waals surface area contributed by atoms with Crippen LogP contribution in [0.4, 0.5) is 23.0 Å². The van der Waals surface area contributed by atoms with Crippen LogP contribution in [-0.4, -0.2) is 15.7 Å². The third kappa shape index (κ3) is 3.89. The van der Waals surface area contributed by atoms with Gasteiger partial charge in [0, 0.05) is 17.4 Å². The Kier molecular flexibility index (Phi) is 5.08. The highest BCUT2D eigenvalue weighted by molar-refractivity contribution is 6.34. The Morgan fingerprint density at radius 2 is 1.36 bits per heavy atom. The lowest BCUT2D eigenvalue weighted by Crippen LogP contribution is -2.16. The van der Waals surface area contributed by atoms with E-state index in [-0.39, 0.29) is 5.91 Å². The van der Waals surface area contributed by atoms with Crippen molar-refractivity contribution >= 4 is 40.5 Å². The van der Waals surface area contributed by atoms with Crippen molar-refractivity contribution in [1.29, 1.82) is 0 Å². The number of hydrogen-bond donors (Lipinski definition) is 2. The normalized spacial score (nSPS) is 10.5. The van der Waals surface area contributed by atoms with Crippen LogP contribution >= 0.6 is 11.6 Å². The fourth-order valence-electron chi connectivity index (χ4n) is 2.77. The van der Waals surface area contributed by atoms with Crippen molar-refractivity contribution in [3.63, 3.8) is 0 Å². The summed E-state index contributed by atoms with van der Waals surface area (Å²) in [4.78, 5) is 13.1. The van der Waals surface area contributed by atoms with Gasteiger partial charge in [-0.1, -0.05) is 60.1 Å². The third-order valence-electron chi connectivity index (χ3n) is 4.10. The maximum Gasteiger partial charge on any atom is 0.281 e. The molecular weight excluding hydrogens is 372 g/mol. The van der Waals surface area contributed by atoms with E-state index in [1.807, 2.05) is 60.7 Å². The van der Waals surface area contributed by atoms with Gasteiger partial charge in [-0.05, 0) is 36.4 Å². The van der Waals surface area contributed by atoms with Crippen LogP contribution in [0.3, 0.4) is 0 Å². The van der Waals surface area contributed by atoms with Crippen LogP contribution in [0.5, 0.6) is 0 Å². The minimum Gasteiger partial charge on any atom is -0.340 e. The number of aromatic nitrogens is 2. The zero-order chi connectivity index (χ0) is 19.3. The molecule has 0 fully saturated rings. The highest BCUT2D eigenvalue weighted by Gasteiger charge is 2.18. The van der Waals surface area contributed by atoms with Gasteiger partial charge in [-0.3, -0.25) is 4.79 Å². The molecule has 0 unspecified atom stereocenters. The number of benzene rings is 3. The minimum atomic E-state index is -0.315. The summed E-state index contributed by atoms with van der Waals surface area (Å²) in [7, 11) is 0. The number of halogens is 1. The summed E-state index contributed by atoms with van der Waals surface area (Å²) in [5.74, 6) is 0.768. The zero-order valence-corrected chi connectivity index (χ0v) is 15.6. The Morgan fingerprint density at radius 3 is 2.00 bits per heavy atom. The Morgan fingerprint density at radius 1 is 0.786 bits per heavy atom. The molecule has 0 amide bonds. The average molecular weight is 389 g/mol. The van der Waals surface area contributed by atoms with Gasteiger partial charge in [0.15, 0.2) is 5.82 Å². The standard InChI is InChI=1S/C22H17ClN4O/c23-19-14-8-7-13-18(19)22(28)27-21(25-17-11-5-2-6-12-17)15-20(26-27)24-16-9-3-1-4-10-16/h1-15,25H,(H,24,26). The summed E-state index contributed by atoms with van der Waals surface area (Å²) in [6, 6.07) is 28.0. The van der Waals surface area contributed by atoms with Gasteiger partial charge in [0.2, 0.25) is 0 Å². The largest absolute Gasteiger partial charge is 0.340 e. The molecular formula is C22H17ClN4O. The van der Waals surface area contributed by atoms with Crippen LogP contribution in [0, 0.1) is 0 Å². The number of carbonyl (C=O) groups excluding carboxylic acids is 1. The third-order valence-corrected chi connectivity index (χ3v) is 4.43. The van der Waals surface area contributed by atoms with Crippen molar-refractivity contribution in [1.82, 2.24) is 9.78 Å². The van der Waals surface area contributed by atoms with Gasteiger partial charge < -0.3 is 10.6 Å². The first-order valence-electron chi connectivity index (χ1n) is 8.74. The molecule has 1 heterocycles. The fourth-order valence-corrected chi connectivity index (χ4v) is 2.99. The van der Waals surface area contributed by atoms with E-state index in [4.69, 9.17) is 11.6 Å². The first-order valence-corrected chi connectivity index (χ1v) is 9.12. The van der Waals surface area contributed by atoms with Crippen molar-refractivity contribution in [2.45, 2.75) is 0 Å². The summed E-state index contributed by atoms with van der Waals surface area (Å²) < 4.78 is 1.32. The maximum absolute atomic E-state index is 13.1. The highest BCUT2D eigenvalue weighted by atomic mass is 35.5. The van der Waals surface area contributed by atoms with Gasteiger partial charge in [-0.25, -0.2) is 0 Å². The molecule has 0 aliphatic heterocycles. The van der Waals surface area contributed by atoms with Gasteiger partial charge in [-0.2, -0.15) is 4.68 Å². The molecule has 0 spiro atoms. The molecule has 6 heteroatoms. The van der Waals surface area contributed by atoms with Crippen LogP contribution in [0.2, 0.25) is 5.02 Å². The molecule has 0 saturated carbocycles. The molecule has 0 atom stereocenters. The number of para-hydroxylation sites is 2. The molecule has 0 saturated heterocycles. The second-order valence-corrected chi connectivity index (χ2v) is 6.50. The van der Waals surface area contributed by atoms with Crippen molar-refractivity contribution in [2.75, 3.05) is 10.6 Å². The second kappa shape index (κ2) is 7.98. The first-order chi connectivity index (χ1) is 13.7. The maximum atomic E-state index is 13.1. The molecule has 4 aromatic rings. The van der Waals surface area contributed by atoms with Crippen LogP contribution in [0.15, 0.2) is 91.0 Å². The van der Waals surface area contributed by atoms with Crippen LogP contribution in [0.1, 0.15) is 10.4 Å². The van der Waals surface area contributed by atoms with Gasteiger partial charge >= 0.3 is 0 Å². The number of nitrogens with one attached hydrogen (secondary N) is 2. The summed E-state index contributed by atoms with van der Waals surface area (Å²) in [6.45, 7) is 0. The number of rotatable bonds is 5. The molecule has 3 aromatic carbocycles.